The summed E-state index contributed by atoms with van der Waals surface area (Å²) in [6.45, 7) is 6.14. The van der Waals surface area contributed by atoms with E-state index >= 15 is 0 Å². The van der Waals surface area contributed by atoms with Crippen LogP contribution in [-0.4, -0.2) is 20.9 Å². The van der Waals surface area contributed by atoms with Crippen molar-refractivity contribution in [1.29, 1.82) is 0 Å². The molecule has 1 aliphatic carbocycles. The minimum Gasteiger partial charge on any atom is -0.352 e. The van der Waals surface area contributed by atoms with Crippen molar-refractivity contribution in [3.8, 4) is 0 Å². The van der Waals surface area contributed by atoms with Crippen molar-refractivity contribution in [2.24, 2.45) is 0 Å². The van der Waals surface area contributed by atoms with Crippen LogP contribution in [-0.2, 0) is 26.7 Å². The summed E-state index contributed by atoms with van der Waals surface area (Å²) in [4.78, 5) is 12.6. The fourth-order valence-electron chi connectivity index (χ4n) is 3.30. The van der Waals surface area contributed by atoms with Crippen LogP contribution in [0.1, 0.15) is 37.3 Å². The Labute approximate surface area is 166 Å². The lowest BCUT2D eigenvalue weighted by Crippen LogP contribution is -2.34. The lowest BCUT2D eigenvalue weighted by Gasteiger charge is -2.16. The summed E-state index contributed by atoms with van der Waals surface area (Å²) in [5.41, 5.74) is 2.01. The maximum absolute atomic E-state index is 12.6. The zero-order chi connectivity index (χ0) is 20.2. The highest BCUT2D eigenvalue weighted by atomic mass is 32.2. The molecular formula is C22H26N2O3S. The molecule has 0 aromatic heterocycles. The van der Waals surface area contributed by atoms with Gasteiger partial charge in [0.2, 0.25) is 5.91 Å². The number of amides is 1. The van der Waals surface area contributed by atoms with Gasteiger partial charge in [-0.1, -0.05) is 43.7 Å². The fourth-order valence-corrected chi connectivity index (χ4v) is 4.36. The van der Waals surface area contributed by atoms with Gasteiger partial charge in [-0.15, -0.1) is 6.58 Å². The number of carbonyl (C=O) groups excluding carboxylic acids is 1. The number of anilines is 1. The molecule has 0 atom stereocenters. The van der Waals surface area contributed by atoms with Crippen LogP contribution in [0, 0.1) is 0 Å². The van der Waals surface area contributed by atoms with Gasteiger partial charge >= 0.3 is 0 Å². The Morgan fingerprint density at radius 3 is 2.29 bits per heavy atom. The maximum Gasteiger partial charge on any atom is 0.261 e. The molecular weight excluding hydrogens is 372 g/mol. The Morgan fingerprint density at radius 2 is 1.75 bits per heavy atom. The van der Waals surface area contributed by atoms with E-state index in [0.29, 0.717) is 12.2 Å². The van der Waals surface area contributed by atoms with Crippen molar-refractivity contribution < 1.29 is 13.2 Å². The number of rotatable bonds is 9. The number of hydrogen-bond donors (Lipinski definition) is 2. The summed E-state index contributed by atoms with van der Waals surface area (Å²) in [6, 6.07) is 14.0. The zero-order valence-electron chi connectivity index (χ0n) is 16.1. The van der Waals surface area contributed by atoms with E-state index in [1.165, 1.54) is 0 Å². The highest BCUT2D eigenvalue weighted by Crippen LogP contribution is 2.48. The van der Waals surface area contributed by atoms with E-state index in [-0.39, 0.29) is 10.8 Å². The van der Waals surface area contributed by atoms with Gasteiger partial charge in [0, 0.05) is 12.2 Å². The first-order chi connectivity index (χ1) is 13.4. The number of aryl methyl sites for hydroxylation is 1. The van der Waals surface area contributed by atoms with E-state index < -0.39 is 15.4 Å². The lowest BCUT2D eigenvalue weighted by molar-refractivity contribution is -0.123. The molecule has 5 nitrogen and oxygen atoms in total. The number of benzene rings is 2. The van der Waals surface area contributed by atoms with Crippen LogP contribution >= 0.6 is 0 Å². The normalized spacial score (nSPS) is 14.9. The molecule has 0 aliphatic heterocycles. The molecule has 0 radical (unpaired) electrons. The summed E-state index contributed by atoms with van der Waals surface area (Å²) < 4.78 is 27.8. The number of carbonyl (C=O) groups is 1. The first-order valence-corrected chi connectivity index (χ1v) is 11.0. The predicted octanol–water partition coefficient (Wildman–Crippen LogP) is 3.77. The zero-order valence-corrected chi connectivity index (χ0v) is 16.9. The first-order valence-electron chi connectivity index (χ1n) is 9.53. The third-order valence-corrected chi connectivity index (χ3v) is 6.45. The minimum atomic E-state index is -3.65. The van der Waals surface area contributed by atoms with Gasteiger partial charge in [0.15, 0.2) is 0 Å². The van der Waals surface area contributed by atoms with E-state index in [4.69, 9.17) is 0 Å². The molecule has 1 amide bonds. The topological polar surface area (TPSA) is 75.3 Å². The molecule has 1 fully saturated rings. The van der Waals surface area contributed by atoms with Gasteiger partial charge in [0.25, 0.3) is 10.0 Å². The van der Waals surface area contributed by atoms with Gasteiger partial charge in [0.05, 0.1) is 10.3 Å². The van der Waals surface area contributed by atoms with Crippen LogP contribution in [0.3, 0.4) is 0 Å². The quantitative estimate of drug-likeness (QED) is 0.631. The van der Waals surface area contributed by atoms with Crippen molar-refractivity contribution in [3.63, 3.8) is 0 Å². The van der Waals surface area contributed by atoms with Crippen molar-refractivity contribution in [3.05, 3.63) is 72.3 Å². The Morgan fingerprint density at radius 1 is 1.11 bits per heavy atom. The van der Waals surface area contributed by atoms with E-state index in [2.05, 4.69) is 23.5 Å². The van der Waals surface area contributed by atoms with Gasteiger partial charge in [-0.2, -0.15) is 0 Å². The molecule has 0 saturated heterocycles. The summed E-state index contributed by atoms with van der Waals surface area (Å²) in [5, 5.41) is 2.85. The highest BCUT2D eigenvalue weighted by Gasteiger charge is 2.50. The van der Waals surface area contributed by atoms with Crippen LogP contribution < -0.4 is 10.0 Å². The summed E-state index contributed by atoms with van der Waals surface area (Å²) in [5.74, 6) is -0.00657. The van der Waals surface area contributed by atoms with E-state index in [0.717, 1.165) is 36.8 Å². The van der Waals surface area contributed by atoms with E-state index in [1.807, 2.05) is 24.3 Å². The van der Waals surface area contributed by atoms with Gasteiger partial charge < -0.3 is 5.32 Å². The predicted molar refractivity (Wildman–Crippen MR) is 112 cm³/mol. The average Bonchev–Trinajstić information content (AvgIpc) is 3.49. The Kier molecular flexibility index (Phi) is 5.89. The molecule has 1 aliphatic rings. The van der Waals surface area contributed by atoms with Crippen molar-refractivity contribution in [1.82, 2.24) is 5.32 Å². The second-order valence-corrected chi connectivity index (χ2v) is 8.84. The molecule has 0 bridgehead atoms. The molecule has 0 unspecified atom stereocenters. The largest absolute Gasteiger partial charge is 0.352 e. The molecule has 3 rings (SSSR count). The van der Waals surface area contributed by atoms with Gasteiger partial charge in [-0.25, -0.2) is 8.42 Å². The van der Waals surface area contributed by atoms with Gasteiger partial charge in [-0.3, -0.25) is 9.52 Å². The Bertz CT molecular complexity index is 944. The molecule has 0 heterocycles. The van der Waals surface area contributed by atoms with Crippen molar-refractivity contribution in [2.75, 3.05) is 11.3 Å². The molecule has 6 heteroatoms. The SMILES string of the molecule is C=CCNC(=O)C1(c2ccc(NS(=O)(=O)c3ccc(CCC)cc3)cc2)CC1. The van der Waals surface area contributed by atoms with E-state index in [1.54, 1.807) is 30.3 Å². The van der Waals surface area contributed by atoms with Crippen LogP contribution in [0.5, 0.6) is 0 Å². The van der Waals surface area contributed by atoms with Crippen molar-refractivity contribution >= 4 is 21.6 Å². The standard InChI is InChI=1S/C22H26N2O3S/c1-3-5-17-6-12-20(13-7-17)28(26,27)24-19-10-8-18(9-11-19)22(14-15-22)21(25)23-16-4-2/h4,6-13,24H,2-3,5,14-16H2,1H3,(H,23,25). The molecule has 148 valence electrons. The molecule has 1 saturated carbocycles. The first kappa shape index (κ1) is 20.1. The van der Waals surface area contributed by atoms with E-state index in [9.17, 15) is 13.2 Å². The number of hydrogen-bond acceptors (Lipinski definition) is 3. The van der Waals surface area contributed by atoms with Crippen LogP contribution in [0.25, 0.3) is 0 Å². The summed E-state index contributed by atoms with van der Waals surface area (Å²) in [7, 11) is -3.65. The summed E-state index contributed by atoms with van der Waals surface area (Å²) >= 11 is 0. The third-order valence-electron chi connectivity index (χ3n) is 5.05. The number of nitrogens with one attached hydrogen (secondary N) is 2. The lowest BCUT2D eigenvalue weighted by atomic mass is 9.95. The van der Waals surface area contributed by atoms with Crippen LogP contribution in [0.2, 0.25) is 0 Å². The van der Waals surface area contributed by atoms with Gasteiger partial charge in [-0.05, 0) is 54.7 Å². The number of sulfonamides is 1. The third kappa shape index (κ3) is 4.28. The fraction of sp³-hybridized carbons (Fsp3) is 0.318. The molecule has 2 aromatic carbocycles. The monoisotopic (exact) mass is 398 g/mol. The Balaban J connectivity index is 1.71. The second-order valence-electron chi connectivity index (χ2n) is 7.16. The maximum atomic E-state index is 12.6. The summed E-state index contributed by atoms with van der Waals surface area (Å²) in [6.07, 6.45) is 5.19. The smallest absolute Gasteiger partial charge is 0.261 e. The molecule has 2 aromatic rings. The Hall–Kier alpha value is -2.60. The van der Waals surface area contributed by atoms with Crippen LogP contribution in [0.15, 0.2) is 66.1 Å². The highest BCUT2D eigenvalue weighted by molar-refractivity contribution is 7.92. The molecule has 0 spiro atoms. The second kappa shape index (κ2) is 8.19. The molecule has 2 N–H and O–H groups in total. The minimum absolute atomic E-state index is 0.00657. The average molecular weight is 399 g/mol. The molecule has 28 heavy (non-hydrogen) atoms. The van der Waals surface area contributed by atoms with Crippen molar-refractivity contribution in [2.45, 2.75) is 42.9 Å². The van der Waals surface area contributed by atoms with Crippen LogP contribution in [0.4, 0.5) is 5.69 Å². The van der Waals surface area contributed by atoms with Gasteiger partial charge in [0.1, 0.15) is 0 Å².